The summed E-state index contributed by atoms with van der Waals surface area (Å²) in [7, 11) is 0. The molecule has 0 amide bonds. The van der Waals surface area contributed by atoms with Crippen LogP contribution in [0.1, 0.15) is 57.9 Å². The Bertz CT molecular complexity index is 401. The number of nitrogens with one attached hydrogen (secondary N) is 1. The van der Waals surface area contributed by atoms with Crippen molar-refractivity contribution in [1.82, 2.24) is 5.32 Å². The molecule has 1 nitrogen and oxygen atoms in total. The van der Waals surface area contributed by atoms with Crippen LogP contribution in [0.3, 0.4) is 0 Å². The summed E-state index contributed by atoms with van der Waals surface area (Å²) in [5, 5.41) is 6.07. The van der Waals surface area contributed by atoms with Crippen LogP contribution in [-0.2, 0) is 0 Å². The summed E-state index contributed by atoms with van der Waals surface area (Å²) in [5.74, 6) is 2.48. The average molecular weight is 344 g/mol. The van der Waals surface area contributed by atoms with E-state index in [2.05, 4.69) is 60.4 Å². The molecular formula is C16H26BrNS. The molecule has 2 rings (SSSR count). The lowest BCUT2D eigenvalue weighted by Gasteiger charge is -2.39. The molecule has 4 unspecified atom stereocenters. The molecule has 0 radical (unpaired) electrons. The van der Waals surface area contributed by atoms with Crippen LogP contribution >= 0.6 is 27.3 Å². The second kappa shape index (κ2) is 6.73. The summed E-state index contributed by atoms with van der Waals surface area (Å²) < 4.78 is 1.25. The summed E-state index contributed by atoms with van der Waals surface area (Å²) in [6.45, 7) is 9.45. The Hall–Kier alpha value is 0.140. The van der Waals surface area contributed by atoms with Crippen LogP contribution < -0.4 is 5.32 Å². The van der Waals surface area contributed by atoms with Crippen LogP contribution in [0.5, 0.6) is 0 Å². The summed E-state index contributed by atoms with van der Waals surface area (Å²) >= 11 is 5.51. The first-order chi connectivity index (χ1) is 8.99. The van der Waals surface area contributed by atoms with Gasteiger partial charge in [0.2, 0.25) is 0 Å². The van der Waals surface area contributed by atoms with E-state index >= 15 is 0 Å². The first-order valence-electron chi connectivity index (χ1n) is 7.48. The molecule has 3 heteroatoms. The molecule has 108 valence electrons. The molecule has 1 aliphatic rings. The van der Waals surface area contributed by atoms with E-state index in [1.807, 2.05) is 11.3 Å². The molecule has 1 heterocycles. The predicted molar refractivity (Wildman–Crippen MR) is 88.7 cm³/mol. The third-order valence-corrected chi connectivity index (χ3v) is 6.58. The van der Waals surface area contributed by atoms with Gasteiger partial charge in [0.25, 0.3) is 0 Å². The SMILES string of the molecule is CC1CCC(C(C)C)C(NC(C)c2sccc2Br)C1. The van der Waals surface area contributed by atoms with Gasteiger partial charge in [-0.2, -0.15) is 0 Å². The molecule has 0 aromatic carbocycles. The van der Waals surface area contributed by atoms with Gasteiger partial charge >= 0.3 is 0 Å². The summed E-state index contributed by atoms with van der Waals surface area (Å²) in [5.41, 5.74) is 0. The van der Waals surface area contributed by atoms with Gasteiger partial charge in [-0.3, -0.25) is 0 Å². The Morgan fingerprint density at radius 1 is 1.32 bits per heavy atom. The second-order valence-corrected chi connectivity index (χ2v) is 8.26. The Labute approximate surface area is 130 Å². The highest BCUT2D eigenvalue weighted by Gasteiger charge is 2.31. The van der Waals surface area contributed by atoms with Crippen molar-refractivity contribution in [2.45, 2.75) is 59.0 Å². The quantitative estimate of drug-likeness (QED) is 0.747. The molecule has 4 atom stereocenters. The maximum absolute atomic E-state index is 3.90. The third-order valence-electron chi connectivity index (χ3n) is 4.52. The Morgan fingerprint density at radius 3 is 2.63 bits per heavy atom. The number of hydrogen-bond donors (Lipinski definition) is 1. The molecule has 19 heavy (non-hydrogen) atoms. The Morgan fingerprint density at radius 2 is 2.05 bits per heavy atom. The molecule has 1 saturated carbocycles. The van der Waals surface area contributed by atoms with Crippen LogP contribution in [0, 0.1) is 17.8 Å². The van der Waals surface area contributed by atoms with E-state index in [-0.39, 0.29) is 0 Å². The van der Waals surface area contributed by atoms with Crippen molar-refractivity contribution >= 4 is 27.3 Å². The minimum atomic E-state index is 0.450. The van der Waals surface area contributed by atoms with Crippen molar-refractivity contribution in [2.75, 3.05) is 0 Å². The van der Waals surface area contributed by atoms with Crippen molar-refractivity contribution in [2.24, 2.45) is 17.8 Å². The normalized spacial score (nSPS) is 29.7. The molecule has 1 aromatic heterocycles. The maximum atomic E-state index is 3.90. The van der Waals surface area contributed by atoms with Crippen LogP contribution in [0.15, 0.2) is 15.9 Å². The van der Waals surface area contributed by atoms with Gasteiger partial charge in [-0.25, -0.2) is 0 Å². The predicted octanol–water partition coefficient (Wildman–Crippen LogP) is 5.62. The van der Waals surface area contributed by atoms with Gasteiger partial charge in [-0.05, 0) is 64.9 Å². The molecule has 1 N–H and O–H groups in total. The first kappa shape index (κ1) is 15.5. The van der Waals surface area contributed by atoms with Crippen LogP contribution in [0.25, 0.3) is 0 Å². The molecule has 1 aromatic rings. The van der Waals surface area contributed by atoms with Crippen molar-refractivity contribution in [3.8, 4) is 0 Å². The zero-order valence-electron chi connectivity index (χ0n) is 12.4. The van der Waals surface area contributed by atoms with Gasteiger partial charge in [0.15, 0.2) is 0 Å². The van der Waals surface area contributed by atoms with Crippen molar-refractivity contribution in [1.29, 1.82) is 0 Å². The van der Waals surface area contributed by atoms with E-state index in [0.29, 0.717) is 12.1 Å². The van der Waals surface area contributed by atoms with Gasteiger partial charge in [-0.15, -0.1) is 11.3 Å². The van der Waals surface area contributed by atoms with E-state index < -0.39 is 0 Å². The summed E-state index contributed by atoms with van der Waals surface area (Å²) in [6, 6.07) is 3.28. The fourth-order valence-corrected chi connectivity index (χ4v) is 5.14. The molecular weight excluding hydrogens is 318 g/mol. The summed E-state index contributed by atoms with van der Waals surface area (Å²) in [4.78, 5) is 1.43. The highest BCUT2D eigenvalue weighted by atomic mass is 79.9. The van der Waals surface area contributed by atoms with Gasteiger partial charge in [0, 0.05) is 21.4 Å². The monoisotopic (exact) mass is 343 g/mol. The molecule has 0 spiro atoms. The van der Waals surface area contributed by atoms with Crippen molar-refractivity contribution in [3.05, 3.63) is 20.8 Å². The minimum Gasteiger partial charge on any atom is -0.306 e. The zero-order chi connectivity index (χ0) is 14.0. The molecule has 0 aliphatic heterocycles. The smallest absolute Gasteiger partial charge is 0.0399 e. The molecule has 0 saturated heterocycles. The molecule has 1 aliphatic carbocycles. The van der Waals surface area contributed by atoms with E-state index in [1.165, 1.54) is 28.6 Å². The minimum absolute atomic E-state index is 0.450. The van der Waals surface area contributed by atoms with E-state index in [4.69, 9.17) is 0 Å². The van der Waals surface area contributed by atoms with Crippen LogP contribution in [0.2, 0.25) is 0 Å². The van der Waals surface area contributed by atoms with E-state index in [1.54, 1.807) is 0 Å². The summed E-state index contributed by atoms with van der Waals surface area (Å²) in [6.07, 6.45) is 4.11. The van der Waals surface area contributed by atoms with Gasteiger partial charge < -0.3 is 5.32 Å². The van der Waals surface area contributed by atoms with Crippen LogP contribution in [0.4, 0.5) is 0 Å². The fourth-order valence-electron chi connectivity index (χ4n) is 3.41. The fraction of sp³-hybridized carbons (Fsp3) is 0.750. The van der Waals surface area contributed by atoms with Gasteiger partial charge in [0.05, 0.1) is 0 Å². The van der Waals surface area contributed by atoms with Gasteiger partial charge in [-0.1, -0.05) is 27.2 Å². The lowest BCUT2D eigenvalue weighted by Crippen LogP contribution is -2.43. The number of halogens is 1. The van der Waals surface area contributed by atoms with Gasteiger partial charge in [0.1, 0.15) is 0 Å². The highest BCUT2D eigenvalue weighted by molar-refractivity contribution is 9.10. The standard InChI is InChI=1S/C16H26BrNS/c1-10(2)13-6-5-11(3)9-15(13)18-12(4)16-14(17)7-8-19-16/h7-8,10-13,15,18H,5-6,9H2,1-4H3. The van der Waals surface area contributed by atoms with Crippen LogP contribution in [-0.4, -0.2) is 6.04 Å². The average Bonchev–Trinajstić information content (AvgIpc) is 2.75. The van der Waals surface area contributed by atoms with Crippen molar-refractivity contribution in [3.63, 3.8) is 0 Å². The molecule has 1 fully saturated rings. The Kier molecular flexibility index (Phi) is 5.50. The zero-order valence-corrected chi connectivity index (χ0v) is 14.9. The Balaban J connectivity index is 2.04. The number of rotatable bonds is 4. The second-order valence-electron chi connectivity index (χ2n) is 6.45. The van der Waals surface area contributed by atoms with E-state index in [0.717, 1.165) is 17.8 Å². The lowest BCUT2D eigenvalue weighted by molar-refractivity contribution is 0.161. The first-order valence-corrected chi connectivity index (χ1v) is 9.15. The number of hydrogen-bond acceptors (Lipinski definition) is 2. The highest BCUT2D eigenvalue weighted by Crippen LogP contribution is 2.36. The van der Waals surface area contributed by atoms with E-state index in [9.17, 15) is 0 Å². The van der Waals surface area contributed by atoms with Crippen molar-refractivity contribution < 1.29 is 0 Å². The topological polar surface area (TPSA) is 12.0 Å². The maximum Gasteiger partial charge on any atom is 0.0399 e. The largest absolute Gasteiger partial charge is 0.306 e. The third kappa shape index (κ3) is 3.83. The number of thiophene rings is 1. The molecule has 0 bridgehead atoms. The lowest BCUT2D eigenvalue weighted by atomic mass is 9.74.